The molecule has 0 atom stereocenters. The summed E-state index contributed by atoms with van der Waals surface area (Å²) in [7, 11) is 1.62. The van der Waals surface area contributed by atoms with Crippen LogP contribution in [0.5, 0.6) is 0 Å². The van der Waals surface area contributed by atoms with Crippen LogP contribution >= 0.6 is 0 Å². The van der Waals surface area contributed by atoms with Crippen molar-refractivity contribution in [2.75, 3.05) is 13.1 Å². The highest BCUT2D eigenvalue weighted by Gasteiger charge is 2.28. The Morgan fingerprint density at radius 1 is 1.38 bits per heavy atom. The van der Waals surface area contributed by atoms with Crippen molar-refractivity contribution in [3.05, 3.63) is 28.0 Å². The number of hydrogen-bond acceptors (Lipinski definition) is 4. The first-order valence-corrected chi connectivity index (χ1v) is 7.23. The van der Waals surface area contributed by atoms with E-state index in [-0.39, 0.29) is 17.2 Å². The van der Waals surface area contributed by atoms with E-state index in [0.717, 1.165) is 25.9 Å². The lowest BCUT2D eigenvalue weighted by Gasteiger charge is -2.30. The van der Waals surface area contributed by atoms with Crippen LogP contribution in [0.4, 0.5) is 0 Å². The zero-order valence-electron chi connectivity index (χ0n) is 12.5. The molecule has 1 aliphatic rings. The van der Waals surface area contributed by atoms with Crippen LogP contribution in [0.25, 0.3) is 11.1 Å². The first kappa shape index (κ1) is 13.9. The van der Waals surface area contributed by atoms with E-state index in [1.165, 1.54) is 10.9 Å². The molecule has 0 saturated carbocycles. The second-order valence-corrected chi connectivity index (χ2v) is 5.85. The number of amides is 1. The third-order valence-electron chi connectivity index (χ3n) is 4.23. The van der Waals surface area contributed by atoms with Crippen LogP contribution in [0.3, 0.4) is 0 Å². The molecule has 2 aromatic heterocycles. The van der Waals surface area contributed by atoms with Crippen molar-refractivity contribution >= 4 is 17.0 Å². The van der Waals surface area contributed by atoms with Gasteiger partial charge in [0.05, 0.1) is 5.56 Å². The van der Waals surface area contributed by atoms with E-state index >= 15 is 0 Å². The molecule has 2 aromatic rings. The molecule has 1 fully saturated rings. The summed E-state index contributed by atoms with van der Waals surface area (Å²) in [5.74, 6) is 0.985. The number of aromatic nitrogens is 2. The minimum atomic E-state index is -0.245. The largest absolute Gasteiger partial charge is 0.442 e. The van der Waals surface area contributed by atoms with Crippen LogP contribution in [-0.4, -0.2) is 33.4 Å². The predicted molar refractivity (Wildman–Crippen MR) is 78.3 cm³/mol. The molecule has 6 heteroatoms. The highest BCUT2D eigenvalue weighted by Crippen LogP contribution is 2.25. The van der Waals surface area contributed by atoms with Crippen molar-refractivity contribution < 1.29 is 9.21 Å². The standard InChI is InChI=1S/C15H19N3O3/c1-9-4-6-18(7-5-9)15(20)11-10(2)21-13-12(11)14(19)17(3)8-16-13/h8-9H,4-7H2,1-3H3. The normalized spacial score (nSPS) is 16.6. The van der Waals surface area contributed by atoms with Gasteiger partial charge in [-0.2, -0.15) is 0 Å². The van der Waals surface area contributed by atoms with Crippen LogP contribution in [0.2, 0.25) is 0 Å². The van der Waals surface area contributed by atoms with Gasteiger partial charge >= 0.3 is 0 Å². The summed E-state index contributed by atoms with van der Waals surface area (Å²) in [6.45, 7) is 5.36. The molecule has 1 amide bonds. The van der Waals surface area contributed by atoms with Gasteiger partial charge in [-0.05, 0) is 25.7 Å². The summed E-state index contributed by atoms with van der Waals surface area (Å²) in [6, 6.07) is 0. The number of aryl methyl sites for hydroxylation is 2. The molecule has 0 aromatic carbocycles. The van der Waals surface area contributed by atoms with E-state index < -0.39 is 0 Å². The van der Waals surface area contributed by atoms with Crippen molar-refractivity contribution in [1.29, 1.82) is 0 Å². The van der Waals surface area contributed by atoms with Gasteiger partial charge in [-0.15, -0.1) is 0 Å². The third kappa shape index (κ3) is 2.24. The van der Waals surface area contributed by atoms with E-state index in [2.05, 4.69) is 11.9 Å². The zero-order valence-corrected chi connectivity index (χ0v) is 12.5. The van der Waals surface area contributed by atoms with Crippen LogP contribution < -0.4 is 5.56 Å². The van der Waals surface area contributed by atoms with Gasteiger partial charge in [-0.25, -0.2) is 4.98 Å². The van der Waals surface area contributed by atoms with Gasteiger partial charge in [-0.1, -0.05) is 6.92 Å². The molecule has 0 spiro atoms. The Kier molecular flexibility index (Phi) is 3.31. The lowest BCUT2D eigenvalue weighted by Crippen LogP contribution is -2.38. The molecule has 6 nitrogen and oxygen atoms in total. The van der Waals surface area contributed by atoms with E-state index in [1.54, 1.807) is 14.0 Å². The second kappa shape index (κ2) is 5.02. The van der Waals surface area contributed by atoms with E-state index in [1.807, 2.05) is 4.90 Å². The molecule has 3 heterocycles. The van der Waals surface area contributed by atoms with Gasteiger partial charge < -0.3 is 13.9 Å². The molecule has 112 valence electrons. The Labute approximate surface area is 122 Å². The van der Waals surface area contributed by atoms with Gasteiger partial charge in [0.1, 0.15) is 17.5 Å². The van der Waals surface area contributed by atoms with E-state index in [0.29, 0.717) is 22.6 Å². The Bertz CT molecular complexity index is 751. The van der Waals surface area contributed by atoms with Crippen LogP contribution in [-0.2, 0) is 7.05 Å². The van der Waals surface area contributed by atoms with Gasteiger partial charge in [0.15, 0.2) is 0 Å². The smallest absolute Gasteiger partial charge is 0.265 e. The number of carbonyl (C=O) groups excluding carboxylic acids is 1. The van der Waals surface area contributed by atoms with Gasteiger partial charge in [0.25, 0.3) is 11.5 Å². The van der Waals surface area contributed by atoms with Crippen molar-refractivity contribution in [3.63, 3.8) is 0 Å². The number of carbonyl (C=O) groups is 1. The van der Waals surface area contributed by atoms with Crippen molar-refractivity contribution in [1.82, 2.24) is 14.5 Å². The Morgan fingerprint density at radius 2 is 2.05 bits per heavy atom. The Hall–Kier alpha value is -2.11. The number of fused-ring (bicyclic) bond motifs is 1. The number of nitrogens with zero attached hydrogens (tertiary/aromatic N) is 3. The van der Waals surface area contributed by atoms with Crippen LogP contribution in [0, 0.1) is 12.8 Å². The lowest BCUT2D eigenvalue weighted by molar-refractivity contribution is 0.0697. The topological polar surface area (TPSA) is 68.3 Å². The molecular weight excluding hydrogens is 270 g/mol. The van der Waals surface area contributed by atoms with Crippen LogP contribution in [0.15, 0.2) is 15.5 Å². The highest BCUT2D eigenvalue weighted by atomic mass is 16.3. The molecule has 0 unspecified atom stereocenters. The molecule has 3 rings (SSSR count). The SMILES string of the molecule is Cc1oc2ncn(C)c(=O)c2c1C(=O)N1CCC(C)CC1. The lowest BCUT2D eigenvalue weighted by atomic mass is 9.98. The Morgan fingerprint density at radius 3 is 2.71 bits per heavy atom. The fraction of sp³-hybridized carbons (Fsp3) is 0.533. The maximum atomic E-state index is 12.8. The first-order valence-electron chi connectivity index (χ1n) is 7.23. The number of likely N-dealkylation sites (tertiary alicyclic amines) is 1. The van der Waals surface area contributed by atoms with Crippen LogP contribution in [0.1, 0.15) is 35.9 Å². The van der Waals surface area contributed by atoms with Crippen molar-refractivity contribution in [2.45, 2.75) is 26.7 Å². The zero-order chi connectivity index (χ0) is 15.1. The fourth-order valence-corrected chi connectivity index (χ4v) is 2.81. The molecule has 21 heavy (non-hydrogen) atoms. The number of hydrogen-bond donors (Lipinski definition) is 0. The van der Waals surface area contributed by atoms with Gasteiger partial charge in [-0.3, -0.25) is 9.59 Å². The molecule has 0 N–H and O–H groups in total. The van der Waals surface area contributed by atoms with E-state index in [9.17, 15) is 9.59 Å². The minimum Gasteiger partial charge on any atom is -0.442 e. The second-order valence-electron chi connectivity index (χ2n) is 5.85. The van der Waals surface area contributed by atoms with E-state index in [4.69, 9.17) is 4.42 Å². The molecule has 0 bridgehead atoms. The molecule has 0 aliphatic carbocycles. The first-order chi connectivity index (χ1) is 9.99. The highest BCUT2D eigenvalue weighted by molar-refractivity contribution is 6.06. The monoisotopic (exact) mass is 289 g/mol. The average molecular weight is 289 g/mol. The summed E-state index contributed by atoms with van der Waals surface area (Å²) >= 11 is 0. The Balaban J connectivity index is 2.07. The molecule has 1 aliphatic heterocycles. The van der Waals surface area contributed by atoms with Gasteiger partial charge in [0, 0.05) is 20.1 Å². The average Bonchev–Trinajstić information content (AvgIpc) is 2.80. The minimum absolute atomic E-state index is 0.122. The summed E-state index contributed by atoms with van der Waals surface area (Å²) < 4.78 is 6.86. The fourth-order valence-electron chi connectivity index (χ4n) is 2.81. The summed E-state index contributed by atoms with van der Waals surface area (Å²) in [4.78, 5) is 30.9. The molecular formula is C15H19N3O3. The third-order valence-corrected chi connectivity index (χ3v) is 4.23. The number of rotatable bonds is 1. The summed E-state index contributed by atoms with van der Waals surface area (Å²) in [5, 5.41) is 0.293. The number of piperidine rings is 1. The predicted octanol–water partition coefficient (Wildman–Crippen LogP) is 1.71. The number of furan rings is 1. The summed E-state index contributed by atoms with van der Waals surface area (Å²) in [6.07, 6.45) is 3.40. The summed E-state index contributed by atoms with van der Waals surface area (Å²) in [5.41, 5.74) is 0.364. The van der Waals surface area contributed by atoms with Gasteiger partial charge in [0.2, 0.25) is 5.71 Å². The van der Waals surface area contributed by atoms with Crippen molar-refractivity contribution in [3.8, 4) is 0 Å². The maximum Gasteiger partial charge on any atom is 0.265 e. The maximum absolute atomic E-state index is 12.8. The molecule has 0 radical (unpaired) electrons. The molecule has 1 saturated heterocycles. The van der Waals surface area contributed by atoms with Crippen molar-refractivity contribution in [2.24, 2.45) is 13.0 Å². The quantitative estimate of drug-likeness (QED) is 0.801.